The van der Waals surface area contributed by atoms with Gasteiger partial charge in [0.1, 0.15) is 16.5 Å². The topological polar surface area (TPSA) is 78.9 Å². The zero-order chi connectivity index (χ0) is 22.2. The number of amides is 2. The van der Waals surface area contributed by atoms with E-state index in [-0.39, 0.29) is 16.9 Å². The van der Waals surface area contributed by atoms with Crippen LogP contribution in [0.2, 0.25) is 0 Å². The Balaban J connectivity index is 1.42. The van der Waals surface area contributed by atoms with Gasteiger partial charge in [0.15, 0.2) is 0 Å². The Morgan fingerprint density at radius 3 is 2.68 bits per heavy atom. The van der Waals surface area contributed by atoms with Gasteiger partial charge < -0.3 is 15.2 Å². The highest BCUT2D eigenvalue weighted by Crippen LogP contribution is 2.33. The van der Waals surface area contributed by atoms with Gasteiger partial charge in [-0.3, -0.25) is 14.5 Å². The second-order valence-corrected chi connectivity index (χ2v) is 8.40. The van der Waals surface area contributed by atoms with Gasteiger partial charge in [-0.05, 0) is 60.5 Å². The lowest BCUT2D eigenvalue weighted by atomic mass is 10.1. The predicted molar refractivity (Wildman–Crippen MR) is 128 cm³/mol. The lowest BCUT2D eigenvalue weighted by Gasteiger charge is -2.14. The third-order valence-electron chi connectivity index (χ3n) is 4.70. The molecule has 2 N–H and O–H groups in total. The van der Waals surface area contributed by atoms with Gasteiger partial charge in [0.25, 0.3) is 5.24 Å². The molecule has 0 spiro atoms. The number of hydrogen-bond acceptors (Lipinski definition) is 6. The van der Waals surface area contributed by atoms with Crippen LogP contribution in [-0.2, 0) is 4.79 Å². The number of phenols is 1. The molecule has 0 radical (unpaired) electrons. The minimum absolute atomic E-state index is 0.0635. The van der Waals surface area contributed by atoms with Crippen LogP contribution in [0.15, 0.2) is 53.4 Å². The highest BCUT2D eigenvalue weighted by atomic mass is 32.2. The standard InChI is InChI=1S/C23H24N2O4S2/c1-29-19-11-9-16(10-12-19)14-20-22(30)25(23(28)31-20)13-4-2-3-8-21(27)24-17-6-5-7-18(26)15-17/h5-7,9-12,14-15,26H,2-4,8,13H2,1H3,(H,24,27). The summed E-state index contributed by atoms with van der Waals surface area (Å²) in [6, 6.07) is 14.0. The molecular formula is C23H24N2O4S2. The molecule has 31 heavy (non-hydrogen) atoms. The molecule has 1 aliphatic heterocycles. The molecule has 162 valence electrons. The molecule has 1 aliphatic rings. The van der Waals surface area contributed by atoms with E-state index in [0.717, 1.165) is 40.8 Å². The first-order valence-corrected chi connectivity index (χ1v) is 11.2. The number of nitrogens with one attached hydrogen (secondary N) is 1. The van der Waals surface area contributed by atoms with Crippen molar-refractivity contribution in [2.75, 3.05) is 19.0 Å². The van der Waals surface area contributed by atoms with E-state index in [4.69, 9.17) is 17.0 Å². The first-order chi connectivity index (χ1) is 15.0. The van der Waals surface area contributed by atoms with E-state index < -0.39 is 0 Å². The van der Waals surface area contributed by atoms with Crippen LogP contribution < -0.4 is 10.1 Å². The van der Waals surface area contributed by atoms with Crippen molar-refractivity contribution in [3.8, 4) is 11.5 Å². The van der Waals surface area contributed by atoms with Crippen molar-refractivity contribution >= 4 is 51.9 Å². The largest absolute Gasteiger partial charge is 0.508 e. The third kappa shape index (κ3) is 6.57. The van der Waals surface area contributed by atoms with Crippen LogP contribution >= 0.6 is 24.0 Å². The number of nitrogens with zero attached hydrogens (tertiary/aromatic N) is 1. The first kappa shape index (κ1) is 22.8. The summed E-state index contributed by atoms with van der Waals surface area (Å²) in [5, 5.41) is 12.1. The fourth-order valence-electron chi connectivity index (χ4n) is 3.08. The number of unbranched alkanes of at least 4 members (excludes halogenated alkanes) is 2. The molecule has 0 aromatic heterocycles. The Morgan fingerprint density at radius 1 is 1.19 bits per heavy atom. The zero-order valence-electron chi connectivity index (χ0n) is 17.2. The second-order valence-electron chi connectivity index (χ2n) is 7.02. The van der Waals surface area contributed by atoms with Crippen molar-refractivity contribution < 1.29 is 19.4 Å². The van der Waals surface area contributed by atoms with Crippen LogP contribution in [0, 0.1) is 0 Å². The van der Waals surface area contributed by atoms with E-state index >= 15 is 0 Å². The number of carbonyl (C=O) groups is 2. The molecule has 0 saturated carbocycles. The van der Waals surface area contributed by atoms with Gasteiger partial charge in [-0.15, -0.1) is 0 Å². The van der Waals surface area contributed by atoms with E-state index in [1.165, 1.54) is 6.07 Å². The number of methoxy groups -OCH3 is 1. The maximum Gasteiger partial charge on any atom is 0.291 e. The Hall–Kier alpha value is -2.84. The molecule has 0 aliphatic carbocycles. The number of anilines is 1. The van der Waals surface area contributed by atoms with Gasteiger partial charge in [-0.25, -0.2) is 0 Å². The molecule has 2 aromatic rings. The average molecular weight is 457 g/mol. The molecule has 0 atom stereocenters. The lowest BCUT2D eigenvalue weighted by Crippen LogP contribution is -2.28. The van der Waals surface area contributed by atoms with Crippen LogP contribution in [0.4, 0.5) is 10.5 Å². The summed E-state index contributed by atoms with van der Waals surface area (Å²) in [5.41, 5.74) is 1.53. The number of benzene rings is 2. The maximum atomic E-state index is 12.3. The Kier molecular flexibility index (Phi) is 8.08. The number of aromatic hydroxyl groups is 1. The molecule has 2 aromatic carbocycles. The SMILES string of the molecule is COc1ccc(C=C2SC(=O)N(CCCCCC(=O)Nc3cccc(O)c3)C2=S)cc1. The molecule has 2 amide bonds. The van der Waals surface area contributed by atoms with Gasteiger partial charge in [0.05, 0.1) is 12.0 Å². The van der Waals surface area contributed by atoms with Crippen molar-refractivity contribution in [2.24, 2.45) is 0 Å². The lowest BCUT2D eigenvalue weighted by molar-refractivity contribution is -0.116. The van der Waals surface area contributed by atoms with Crippen LogP contribution in [0.5, 0.6) is 11.5 Å². The van der Waals surface area contributed by atoms with E-state index in [1.807, 2.05) is 30.3 Å². The summed E-state index contributed by atoms with van der Waals surface area (Å²) in [7, 11) is 1.62. The summed E-state index contributed by atoms with van der Waals surface area (Å²) in [5.74, 6) is 0.790. The predicted octanol–water partition coefficient (Wildman–Crippen LogP) is 5.44. The van der Waals surface area contributed by atoms with Gasteiger partial charge in [0.2, 0.25) is 5.91 Å². The number of rotatable bonds is 9. The first-order valence-electron chi connectivity index (χ1n) is 9.94. The normalized spacial score (nSPS) is 14.9. The van der Waals surface area contributed by atoms with Crippen LogP contribution in [0.25, 0.3) is 6.08 Å². The monoisotopic (exact) mass is 456 g/mol. The van der Waals surface area contributed by atoms with E-state index in [1.54, 1.807) is 30.2 Å². The van der Waals surface area contributed by atoms with Crippen LogP contribution in [-0.4, -0.2) is 39.8 Å². The highest BCUT2D eigenvalue weighted by Gasteiger charge is 2.31. The highest BCUT2D eigenvalue weighted by molar-refractivity contribution is 8.19. The van der Waals surface area contributed by atoms with Crippen LogP contribution in [0.1, 0.15) is 31.2 Å². The zero-order valence-corrected chi connectivity index (χ0v) is 18.8. The molecule has 0 unspecified atom stereocenters. The van der Waals surface area contributed by atoms with Crippen LogP contribution in [0.3, 0.4) is 0 Å². The summed E-state index contributed by atoms with van der Waals surface area (Å²) in [4.78, 5) is 27.3. The van der Waals surface area contributed by atoms with Crippen molar-refractivity contribution in [3.05, 3.63) is 59.0 Å². The van der Waals surface area contributed by atoms with E-state index in [0.29, 0.717) is 30.1 Å². The van der Waals surface area contributed by atoms with Gasteiger partial charge in [-0.2, -0.15) is 0 Å². The minimum Gasteiger partial charge on any atom is -0.508 e. The number of thioether (sulfide) groups is 1. The average Bonchev–Trinajstić information content (AvgIpc) is 3.01. The van der Waals surface area contributed by atoms with E-state index in [9.17, 15) is 14.7 Å². The Labute approximate surface area is 191 Å². The Morgan fingerprint density at radius 2 is 1.97 bits per heavy atom. The number of ether oxygens (including phenoxy) is 1. The molecular weight excluding hydrogens is 432 g/mol. The minimum atomic E-state index is -0.0985. The van der Waals surface area contributed by atoms with Crippen molar-refractivity contribution in [1.29, 1.82) is 0 Å². The molecule has 8 heteroatoms. The van der Waals surface area contributed by atoms with E-state index in [2.05, 4.69) is 5.32 Å². The number of carbonyl (C=O) groups excluding carboxylic acids is 2. The molecule has 1 saturated heterocycles. The fraction of sp³-hybridized carbons (Fsp3) is 0.261. The van der Waals surface area contributed by atoms with Crippen molar-refractivity contribution in [2.45, 2.75) is 25.7 Å². The second kappa shape index (κ2) is 11.0. The summed E-state index contributed by atoms with van der Waals surface area (Å²) >= 11 is 6.65. The number of hydrogen-bond donors (Lipinski definition) is 2. The number of thiocarbonyl (C=S) groups is 1. The Bertz CT molecular complexity index is 989. The van der Waals surface area contributed by atoms with Gasteiger partial charge >= 0.3 is 0 Å². The summed E-state index contributed by atoms with van der Waals surface area (Å²) in [6.45, 7) is 0.540. The molecule has 1 heterocycles. The molecule has 1 fully saturated rings. The van der Waals surface area contributed by atoms with Gasteiger partial charge in [0, 0.05) is 24.7 Å². The fourth-order valence-corrected chi connectivity index (χ4v) is 4.37. The summed E-state index contributed by atoms with van der Waals surface area (Å²) < 4.78 is 5.16. The smallest absolute Gasteiger partial charge is 0.291 e. The molecule has 3 rings (SSSR count). The third-order valence-corrected chi connectivity index (χ3v) is 6.20. The number of phenolic OH excluding ortho intramolecular Hbond substituents is 1. The summed E-state index contributed by atoms with van der Waals surface area (Å²) in [6.07, 6.45) is 4.58. The van der Waals surface area contributed by atoms with Crippen molar-refractivity contribution in [1.82, 2.24) is 4.90 Å². The van der Waals surface area contributed by atoms with Crippen molar-refractivity contribution in [3.63, 3.8) is 0 Å². The molecule has 6 nitrogen and oxygen atoms in total. The molecule has 0 bridgehead atoms. The quantitative estimate of drug-likeness (QED) is 0.297. The van der Waals surface area contributed by atoms with Gasteiger partial charge in [-0.1, -0.05) is 36.8 Å². The maximum absolute atomic E-state index is 12.3.